The van der Waals surface area contributed by atoms with Gasteiger partial charge in [0.05, 0.1) is 11.4 Å². The molecular formula is C34H48N4O10. The van der Waals surface area contributed by atoms with Crippen LogP contribution in [0, 0.1) is 13.8 Å². The van der Waals surface area contributed by atoms with Gasteiger partial charge in [-0.2, -0.15) is 9.80 Å². The quantitative estimate of drug-likeness (QED) is 0.229. The standard InChI is InChI=1S/2C17H24N2O5/c2*1-11-8-9-18-12(10-20)13(11)19(14(21)23-16(2,3)4)15(22)24-17(5,6)7/h2*8-10H,1-7H3. The molecule has 2 aromatic heterocycles. The van der Waals surface area contributed by atoms with E-state index in [2.05, 4.69) is 9.97 Å². The third-order valence-corrected chi connectivity index (χ3v) is 5.28. The molecule has 2 aromatic rings. The van der Waals surface area contributed by atoms with Crippen molar-refractivity contribution >= 4 is 48.3 Å². The molecule has 0 saturated heterocycles. The second-order valence-corrected chi connectivity index (χ2v) is 14.6. The Morgan fingerprint density at radius 1 is 0.521 bits per heavy atom. The van der Waals surface area contributed by atoms with Crippen molar-refractivity contribution in [2.45, 2.75) is 119 Å². The summed E-state index contributed by atoms with van der Waals surface area (Å²) in [5, 5.41) is 0. The first-order chi connectivity index (χ1) is 21.7. The van der Waals surface area contributed by atoms with Crippen LogP contribution in [0.15, 0.2) is 24.5 Å². The van der Waals surface area contributed by atoms with Crippen molar-refractivity contribution in [1.82, 2.24) is 9.97 Å². The van der Waals surface area contributed by atoms with Crippen LogP contribution in [-0.4, -0.2) is 69.3 Å². The van der Waals surface area contributed by atoms with E-state index >= 15 is 0 Å². The lowest BCUT2D eigenvalue weighted by atomic mass is 10.1. The molecule has 0 spiro atoms. The highest BCUT2D eigenvalue weighted by molar-refractivity contribution is 6.13. The molecule has 0 N–H and O–H groups in total. The number of carbonyl (C=O) groups is 6. The summed E-state index contributed by atoms with van der Waals surface area (Å²) < 4.78 is 21.1. The minimum Gasteiger partial charge on any atom is -0.443 e. The van der Waals surface area contributed by atoms with Gasteiger partial charge in [-0.05, 0) is 120 Å². The average Bonchev–Trinajstić information content (AvgIpc) is 2.87. The molecule has 14 nitrogen and oxygen atoms in total. The molecule has 0 unspecified atom stereocenters. The number of pyridine rings is 2. The summed E-state index contributed by atoms with van der Waals surface area (Å²) in [5.41, 5.74) is -2.26. The molecule has 264 valence electrons. The topological polar surface area (TPSA) is 172 Å². The maximum atomic E-state index is 12.6. The summed E-state index contributed by atoms with van der Waals surface area (Å²) >= 11 is 0. The molecule has 0 aliphatic carbocycles. The minimum absolute atomic E-state index is 0.0493. The Hall–Kier alpha value is -4.88. The zero-order chi connectivity index (χ0) is 37.4. The van der Waals surface area contributed by atoms with Gasteiger partial charge in [0.15, 0.2) is 12.6 Å². The maximum Gasteiger partial charge on any atom is 0.424 e. The van der Waals surface area contributed by atoms with Crippen LogP contribution in [-0.2, 0) is 18.9 Å². The maximum absolute atomic E-state index is 12.6. The fraction of sp³-hybridized carbons (Fsp3) is 0.529. The van der Waals surface area contributed by atoms with E-state index in [0.717, 1.165) is 0 Å². The van der Waals surface area contributed by atoms with E-state index in [1.807, 2.05) is 0 Å². The number of aromatic nitrogens is 2. The normalized spacial score (nSPS) is 11.6. The smallest absolute Gasteiger partial charge is 0.424 e. The van der Waals surface area contributed by atoms with Crippen LogP contribution < -0.4 is 9.80 Å². The lowest BCUT2D eigenvalue weighted by Gasteiger charge is -2.29. The Balaban J connectivity index is 0.000000480. The van der Waals surface area contributed by atoms with Crippen LogP contribution >= 0.6 is 0 Å². The minimum atomic E-state index is -0.934. The van der Waals surface area contributed by atoms with E-state index in [1.54, 1.807) is 109 Å². The number of aldehydes is 2. The molecule has 0 aliphatic rings. The van der Waals surface area contributed by atoms with Crippen LogP contribution in [0.2, 0.25) is 0 Å². The first-order valence-corrected chi connectivity index (χ1v) is 15.0. The fourth-order valence-corrected chi connectivity index (χ4v) is 3.64. The van der Waals surface area contributed by atoms with E-state index in [1.165, 1.54) is 12.4 Å². The third-order valence-electron chi connectivity index (χ3n) is 5.28. The summed E-state index contributed by atoms with van der Waals surface area (Å²) in [5.74, 6) is 0. The number of rotatable bonds is 4. The number of carbonyl (C=O) groups excluding carboxylic acids is 6. The molecule has 0 aliphatic heterocycles. The Labute approximate surface area is 282 Å². The number of amides is 4. The molecule has 0 bridgehead atoms. The largest absolute Gasteiger partial charge is 0.443 e. The zero-order valence-corrected chi connectivity index (χ0v) is 30.3. The lowest BCUT2D eigenvalue weighted by Crippen LogP contribution is -2.44. The first-order valence-electron chi connectivity index (χ1n) is 15.0. The fourth-order valence-electron chi connectivity index (χ4n) is 3.64. The van der Waals surface area contributed by atoms with Gasteiger partial charge in [-0.25, -0.2) is 19.2 Å². The van der Waals surface area contributed by atoms with Crippen molar-refractivity contribution < 1.29 is 47.7 Å². The zero-order valence-electron chi connectivity index (χ0n) is 30.3. The molecule has 2 heterocycles. The molecule has 48 heavy (non-hydrogen) atoms. The molecule has 2 rings (SSSR count). The van der Waals surface area contributed by atoms with Gasteiger partial charge in [0.25, 0.3) is 0 Å². The summed E-state index contributed by atoms with van der Waals surface area (Å²) in [6.07, 6.45) is 0.0584. The van der Waals surface area contributed by atoms with Crippen molar-refractivity contribution in [3.05, 3.63) is 47.0 Å². The molecular weight excluding hydrogens is 624 g/mol. The summed E-state index contributed by atoms with van der Waals surface area (Å²) in [6.45, 7) is 23.4. The highest BCUT2D eigenvalue weighted by Gasteiger charge is 2.36. The van der Waals surface area contributed by atoms with E-state index in [4.69, 9.17) is 18.9 Å². The Morgan fingerprint density at radius 2 is 0.750 bits per heavy atom. The van der Waals surface area contributed by atoms with Crippen LogP contribution in [0.1, 0.15) is 115 Å². The Morgan fingerprint density at radius 3 is 0.938 bits per heavy atom. The van der Waals surface area contributed by atoms with Gasteiger partial charge in [-0.3, -0.25) is 19.6 Å². The molecule has 4 amide bonds. The van der Waals surface area contributed by atoms with Crippen molar-refractivity contribution in [3.63, 3.8) is 0 Å². The number of hydrogen-bond acceptors (Lipinski definition) is 12. The van der Waals surface area contributed by atoms with Crippen molar-refractivity contribution in [3.8, 4) is 0 Å². The number of aryl methyl sites for hydroxylation is 2. The van der Waals surface area contributed by atoms with E-state index in [0.29, 0.717) is 33.5 Å². The van der Waals surface area contributed by atoms with Crippen LogP contribution in [0.25, 0.3) is 0 Å². The molecule has 0 saturated carbocycles. The first kappa shape index (κ1) is 41.1. The van der Waals surface area contributed by atoms with Gasteiger partial charge in [0.2, 0.25) is 0 Å². The number of hydrogen-bond donors (Lipinski definition) is 0. The molecule has 14 heteroatoms. The van der Waals surface area contributed by atoms with Gasteiger partial charge in [-0.15, -0.1) is 0 Å². The molecule has 0 atom stereocenters. The second kappa shape index (κ2) is 15.8. The van der Waals surface area contributed by atoms with Crippen molar-refractivity contribution in [1.29, 1.82) is 0 Å². The van der Waals surface area contributed by atoms with Gasteiger partial charge < -0.3 is 18.9 Å². The average molecular weight is 673 g/mol. The summed E-state index contributed by atoms with van der Waals surface area (Å²) in [6, 6.07) is 3.17. The predicted molar refractivity (Wildman–Crippen MR) is 179 cm³/mol. The highest BCUT2D eigenvalue weighted by atomic mass is 16.6. The predicted octanol–water partition coefficient (Wildman–Crippen LogP) is 7.76. The number of anilines is 2. The van der Waals surface area contributed by atoms with Gasteiger partial charge in [0, 0.05) is 12.4 Å². The molecule has 0 radical (unpaired) electrons. The van der Waals surface area contributed by atoms with Gasteiger partial charge in [-0.1, -0.05) is 0 Å². The Bertz CT molecular complexity index is 1340. The van der Waals surface area contributed by atoms with Crippen molar-refractivity contribution in [2.75, 3.05) is 9.80 Å². The summed E-state index contributed by atoms with van der Waals surface area (Å²) in [7, 11) is 0. The second-order valence-electron chi connectivity index (χ2n) is 14.6. The van der Waals surface area contributed by atoms with Gasteiger partial charge >= 0.3 is 24.4 Å². The van der Waals surface area contributed by atoms with E-state index < -0.39 is 46.8 Å². The number of ether oxygens (including phenoxy) is 4. The van der Waals surface area contributed by atoms with Crippen molar-refractivity contribution in [2.24, 2.45) is 0 Å². The third kappa shape index (κ3) is 13.1. The van der Waals surface area contributed by atoms with E-state index in [-0.39, 0.29) is 22.8 Å². The van der Waals surface area contributed by atoms with E-state index in [9.17, 15) is 28.8 Å². The van der Waals surface area contributed by atoms with Crippen LogP contribution in [0.3, 0.4) is 0 Å². The lowest BCUT2D eigenvalue weighted by molar-refractivity contribution is 0.0407. The van der Waals surface area contributed by atoms with Crippen LogP contribution in [0.4, 0.5) is 30.6 Å². The van der Waals surface area contributed by atoms with Crippen LogP contribution in [0.5, 0.6) is 0 Å². The monoisotopic (exact) mass is 672 g/mol. The molecule has 0 fully saturated rings. The SMILES string of the molecule is Cc1ccnc(C=O)c1N(C(=O)OC(C)(C)C)C(=O)OC(C)(C)C.Cc1ccnc(C=O)c1N(C(=O)OC(C)(C)C)C(=O)OC(C)(C)C. The highest BCUT2D eigenvalue weighted by Crippen LogP contribution is 2.28. The molecule has 0 aromatic carbocycles. The van der Waals surface area contributed by atoms with Gasteiger partial charge in [0.1, 0.15) is 33.8 Å². The number of imide groups is 2. The number of nitrogens with zero attached hydrogens (tertiary/aromatic N) is 4. The Kier molecular flexibility index (Phi) is 13.6. The summed E-state index contributed by atoms with van der Waals surface area (Å²) in [4.78, 5) is 82.1.